The molecule has 21 heavy (non-hydrogen) atoms. The van der Waals surface area contributed by atoms with Crippen LogP contribution in [-0.2, 0) is 11.3 Å². The van der Waals surface area contributed by atoms with Gasteiger partial charge in [-0.25, -0.2) is 0 Å². The average molecular weight is 298 g/mol. The summed E-state index contributed by atoms with van der Waals surface area (Å²) in [4.78, 5) is 4.44. The first kappa shape index (κ1) is 15.7. The molecule has 1 aromatic heterocycles. The number of aryl methyl sites for hydroxylation is 1. The van der Waals surface area contributed by atoms with E-state index in [-0.39, 0.29) is 6.61 Å². The van der Waals surface area contributed by atoms with Gasteiger partial charge in [0.15, 0.2) is 0 Å². The minimum absolute atomic E-state index is 0.0293. The van der Waals surface area contributed by atoms with Crippen LogP contribution in [0.5, 0.6) is 0 Å². The molecule has 6 heteroatoms. The highest BCUT2D eigenvalue weighted by Gasteiger charge is 2.27. The lowest BCUT2D eigenvalue weighted by molar-refractivity contribution is -0.173. The van der Waals surface area contributed by atoms with Crippen LogP contribution in [0.4, 0.5) is 13.2 Å². The number of ether oxygens (including phenoxy) is 1. The number of pyridine rings is 1. The summed E-state index contributed by atoms with van der Waals surface area (Å²) < 4.78 is 40.2. The normalized spacial score (nSPS) is 12.0. The summed E-state index contributed by atoms with van der Waals surface area (Å²) in [5.41, 5.74) is 2.91. The highest BCUT2D eigenvalue weighted by molar-refractivity contribution is 5.82. The summed E-state index contributed by atoms with van der Waals surface area (Å²) in [6.45, 7) is 1.68. The van der Waals surface area contributed by atoms with Gasteiger partial charge in [-0.1, -0.05) is 18.2 Å². The zero-order valence-corrected chi connectivity index (χ0v) is 11.7. The van der Waals surface area contributed by atoms with Gasteiger partial charge in [-0.05, 0) is 24.6 Å². The monoisotopic (exact) mass is 298 g/mol. The third-order valence-electron chi connectivity index (χ3n) is 2.93. The number of hydrogen-bond donors (Lipinski definition) is 1. The number of aromatic nitrogens is 1. The summed E-state index contributed by atoms with van der Waals surface area (Å²) in [6, 6.07) is 9.77. The lowest BCUT2D eigenvalue weighted by Crippen LogP contribution is -2.23. The van der Waals surface area contributed by atoms with E-state index in [4.69, 9.17) is 0 Å². The summed E-state index contributed by atoms with van der Waals surface area (Å²) in [6.07, 6.45) is -4.27. The Bertz CT molecular complexity index is 599. The van der Waals surface area contributed by atoms with Gasteiger partial charge in [0.25, 0.3) is 0 Å². The highest BCUT2D eigenvalue weighted by atomic mass is 19.4. The summed E-state index contributed by atoms with van der Waals surface area (Å²) in [7, 11) is 0. The molecular weight excluding hydrogens is 281 g/mol. The van der Waals surface area contributed by atoms with Gasteiger partial charge in [0.05, 0.1) is 12.1 Å². The van der Waals surface area contributed by atoms with Crippen LogP contribution < -0.4 is 5.32 Å². The summed E-state index contributed by atoms with van der Waals surface area (Å²) in [5, 5.41) is 4.14. The van der Waals surface area contributed by atoms with Crippen molar-refractivity contribution in [3.05, 3.63) is 41.6 Å². The van der Waals surface area contributed by atoms with Gasteiger partial charge in [0.1, 0.15) is 6.61 Å². The van der Waals surface area contributed by atoms with E-state index >= 15 is 0 Å². The smallest absolute Gasteiger partial charge is 0.371 e. The molecule has 1 N–H and O–H groups in total. The van der Waals surface area contributed by atoms with Crippen molar-refractivity contribution in [2.45, 2.75) is 19.6 Å². The molecule has 0 saturated heterocycles. The quantitative estimate of drug-likeness (QED) is 0.832. The molecule has 2 rings (SSSR count). The second kappa shape index (κ2) is 6.87. The molecular formula is C15H17F3N2O. The SMILES string of the molecule is Cc1cc(CNCCOCC(F)(F)F)c2ccccc2n1. The Morgan fingerprint density at radius 2 is 2.00 bits per heavy atom. The first-order chi connectivity index (χ1) is 9.96. The first-order valence-electron chi connectivity index (χ1n) is 6.66. The van der Waals surface area contributed by atoms with Gasteiger partial charge in [0.2, 0.25) is 0 Å². The maximum atomic E-state index is 11.9. The van der Waals surface area contributed by atoms with Crippen molar-refractivity contribution in [1.29, 1.82) is 0 Å². The topological polar surface area (TPSA) is 34.1 Å². The van der Waals surface area contributed by atoms with E-state index in [2.05, 4.69) is 15.0 Å². The fourth-order valence-corrected chi connectivity index (χ4v) is 2.10. The number of rotatable bonds is 6. The molecule has 1 heterocycles. The highest BCUT2D eigenvalue weighted by Crippen LogP contribution is 2.18. The van der Waals surface area contributed by atoms with Gasteiger partial charge in [-0.3, -0.25) is 4.98 Å². The molecule has 1 aromatic carbocycles. The van der Waals surface area contributed by atoms with Crippen molar-refractivity contribution in [3.63, 3.8) is 0 Å². The summed E-state index contributed by atoms with van der Waals surface area (Å²) in [5.74, 6) is 0. The largest absolute Gasteiger partial charge is 0.411 e. The molecule has 0 aliphatic carbocycles. The second-order valence-corrected chi connectivity index (χ2v) is 4.78. The molecule has 0 radical (unpaired) electrons. The number of fused-ring (bicyclic) bond motifs is 1. The van der Waals surface area contributed by atoms with Crippen LogP contribution in [0.2, 0.25) is 0 Å². The van der Waals surface area contributed by atoms with Crippen LogP contribution in [0, 0.1) is 6.92 Å². The number of nitrogens with one attached hydrogen (secondary N) is 1. The third-order valence-corrected chi connectivity index (χ3v) is 2.93. The standard InChI is InChI=1S/C15H17F3N2O/c1-11-8-12(13-4-2-3-5-14(13)20-11)9-19-6-7-21-10-15(16,17)18/h2-5,8,19H,6-7,9-10H2,1H3. The Morgan fingerprint density at radius 3 is 2.76 bits per heavy atom. The molecule has 0 unspecified atom stereocenters. The van der Waals surface area contributed by atoms with E-state index in [1.165, 1.54) is 0 Å². The maximum Gasteiger partial charge on any atom is 0.411 e. The van der Waals surface area contributed by atoms with Crippen LogP contribution in [0.25, 0.3) is 10.9 Å². The van der Waals surface area contributed by atoms with Crippen molar-refractivity contribution in [3.8, 4) is 0 Å². The van der Waals surface area contributed by atoms with E-state index in [1.807, 2.05) is 37.3 Å². The van der Waals surface area contributed by atoms with Crippen LogP contribution >= 0.6 is 0 Å². The molecule has 114 valence electrons. The molecule has 0 aliphatic heterocycles. The zero-order chi connectivity index (χ0) is 15.3. The Kier molecular flexibility index (Phi) is 5.14. The van der Waals surface area contributed by atoms with Crippen molar-refractivity contribution >= 4 is 10.9 Å². The van der Waals surface area contributed by atoms with Crippen molar-refractivity contribution in [2.24, 2.45) is 0 Å². The molecule has 0 saturated carbocycles. The Labute approximate surface area is 121 Å². The number of benzene rings is 1. The van der Waals surface area contributed by atoms with E-state index in [0.717, 1.165) is 22.2 Å². The molecule has 0 fully saturated rings. The van der Waals surface area contributed by atoms with Crippen LogP contribution in [0.1, 0.15) is 11.3 Å². The average Bonchev–Trinajstić information content (AvgIpc) is 2.41. The second-order valence-electron chi connectivity index (χ2n) is 4.78. The fraction of sp³-hybridized carbons (Fsp3) is 0.400. The van der Waals surface area contributed by atoms with Crippen molar-refractivity contribution in [1.82, 2.24) is 10.3 Å². The number of hydrogen-bond acceptors (Lipinski definition) is 3. The molecule has 0 atom stereocenters. The number of para-hydroxylation sites is 1. The lowest BCUT2D eigenvalue weighted by atomic mass is 10.1. The fourth-order valence-electron chi connectivity index (χ4n) is 2.10. The van der Waals surface area contributed by atoms with Gasteiger partial charge >= 0.3 is 6.18 Å². The molecule has 0 bridgehead atoms. The minimum atomic E-state index is -4.27. The Balaban J connectivity index is 1.86. The Morgan fingerprint density at radius 1 is 1.24 bits per heavy atom. The van der Waals surface area contributed by atoms with Gasteiger partial charge in [0, 0.05) is 24.2 Å². The predicted molar refractivity (Wildman–Crippen MR) is 75.1 cm³/mol. The van der Waals surface area contributed by atoms with Gasteiger partial charge < -0.3 is 10.1 Å². The molecule has 0 aliphatic rings. The number of nitrogens with zero attached hydrogens (tertiary/aromatic N) is 1. The number of alkyl halides is 3. The molecule has 2 aromatic rings. The molecule has 3 nitrogen and oxygen atoms in total. The molecule has 0 amide bonds. The van der Waals surface area contributed by atoms with Gasteiger partial charge in [-0.2, -0.15) is 13.2 Å². The van der Waals surface area contributed by atoms with Gasteiger partial charge in [-0.15, -0.1) is 0 Å². The van der Waals surface area contributed by atoms with Crippen LogP contribution in [-0.4, -0.2) is 30.9 Å². The lowest BCUT2D eigenvalue weighted by Gasteiger charge is -2.10. The zero-order valence-electron chi connectivity index (χ0n) is 11.7. The third kappa shape index (κ3) is 4.99. The van der Waals surface area contributed by atoms with E-state index < -0.39 is 12.8 Å². The van der Waals surface area contributed by atoms with Crippen molar-refractivity contribution in [2.75, 3.05) is 19.8 Å². The van der Waals surface area contributed by atoms with Crippen LogP contribution in [0.3, 0.4) is 0 Å². The predicted octanol–water partition coefficient (Wildman–Crippen LogP) is 3.21. The minimum Gasteiger partial charge on any atom is -0.371 e. The molecule has 0 spiro atoms. The maximum absolute atomic E-state index is 11.9. The van der Waals surface area contributed by atoms with Crippen LogP contribution in [0.15, 0.2) is 30.3 Å². The van der Waals surface area contributed by atoms with E-state index in [9.17, 15) is 13.2 Å². The van der Waals surface area contributed by atoms with E-state index in [0.29, 0.717) is 13.1 Å². The first-order valence-corrected chi connectivity index (χ1v) is 6.66. The Hall–Kier alpha value is -1.66. The number of halogens is 3. The van der Waals surface area contributed by atoms with Crippen molar-refractivity contribution < 1.29 is 17.9 Å². The van der Waals surface area contributed by atoms with E-state index in [1.54, 1.807) is 0 Å². The summed E-state index contributed by atoms with van der Waals surface area (Å²) >= 11 is 0.